The van der Waals surface area contributed by atoms with Crippen molar-refractivity contribution in [3.63, 3.8) is 0 Å². The third kappa shape index (κ3) is 3.20. The number of halogens is 1. The van der Waals surface area contributed by atoms with Gasteiger partial charge in [0.25, 0.3) is 0 Å². The van der Waals surface area contributed by atoms with Crippen LogP contribution in [0.4, 0.5) is 5.69 Å². The summed E-state index contributed by atoms with van der Waals surface area (Å²) >= 11 is 3.49. The molecule has 1 unspecified atom stereocenters. The lowest BCUT2D eigenvalue weighted by molar-refractivity contribution is 0.199. The Bertz CT molecular complexity index is 342. The lowest BCUT2D eigenvalue weighted by Gasteiger charge is -2.24. The zero-order valence-electron chi connectivity index (χ0n) is 9.65. The van der Waals surface area contributed by atoms with Crippen LogP contribution in [0.15, 0.2) is 22.7 Å². The Balaban J connectivity index is 2.96. The van der Waals surface area contributed by atoms with Crippen LogP contribution in [-0.2, 0) is 0 Å². The molecule has 2 N–H and O–H groups in total. The third-order valence-corrected chi connectivity index (χ3v) is 3.18. The maximum Gasteiger partial charge on any atom is 0.0762 e. The Labute approximate surface area is 105 Å². The largest absolute Gasteiger partial charge is 0.395 e. The second kappa shape index (κ2) is 6.23. The minimum atomic E-state index is -0.460. The van der Waals surface area contributed by atoms with E-state index in [9.17, 15) is 5.11 Å². The molecule has 0 fully saturated rings. The maximum absolute atomic E-state index is 9.46. The summed E-state index contributed by atoms with van der Waals surface area (Å²) in [5, 5.41) is 18.4. The third-order valence-electron chi connectivity index (χ3n) is 2.55. The SMILES string of the molecule is CCN(CCO)c1ccc(C(C)O)cc1Br. The van der Waals surface area contributed by atoms with Crippen molar-refractivity contribution in [2.45, 2.75) is 20.0 Å². The molecule has 1 aromatic carbocycles. The molecule has 0 amide bonds. The molecule has 0 aliphatic carbocycles. The van der Waals surface area contributed by atoms with Crippen molar-refractivity contribution in [2.75, 3.05) is 24.6 Å². The second-order valence-electron chi connectivity index (χ2n) is 3.69. The molecule has 1 aromatic rings. The summed E-state index contributed by atoms with van der Waals surface area (Å²) < 4.78 is 0.946. The molecule has 0 heterocycles. The van der Waals surface area contributed by atoms with Gasteiger partial charge in [0.2, 0.25) is 0 Å². The van der Waals surface area contributed by atoms with Gasteiger partial charge in [0.15, 0.2) is 0 Å². The van der Waals surface area contributed by atoms with Gasteiger partial charge in [-0.05, 0) is 47.5 Å². The van der Waals surface area contributed by atoms with Crippen LogP contribution >= 0.6 is 15.9 Å². The summed E-state index contributed by atoms with van der Waals surface area (Å²) in [5.74, 6) is 0. The second-order valence-corrected chi connectivity index (χ2v) is 4.54. The first-order valence-corrected chi connectivity index (χ1v) is 6.22. The Morgan fingerprint density at radius 3 is 2.56 bits per heavy atom. The normalized spacial score (nSPS) is 12.6. The Morgan fingerprint density at radius 2 is 2.12 bits per heavy atom. The number of aliphatic hydroxyl groups is 2. The van der Waals surface area contributed by atoms with Crippen LogP contribution in [0, 0.1) is 0 Å². The van der Waals surface area contributed by atoms with Gasteiger partial charge in [-0.2, -0.15) is 0 Å². The maximum atomic E-state index is 9.46. The fourth-order valence-corrected chi connectivity index (χ4v) is 2.26. The monoisotopic (exact) mass is 287 g/mol. The van der Waals surface area contributed by atoms with E-state index in [-0.39, 0.29) is 6.61 Å². The van der Waals surface area contributed by atoms with Crippen LogP contribution in [0.1, 0.15) is 25.5 Å². The van der Waals surface area contributed by atoms with Crippen LogP contribution in [-0.4, -0.2) is 29.9 Å². The first-order valence-electron chi connectivity index (χ1n) is 5.43. The molecule has 90 valence electrons. The molecule has 1 atom stereocenters. The van der Waals surface area contributed by atoms with Gasteiger partial charge in [0.05, 0.1) is 18.4 Å². The average Bonchev–Trinajstić information content (AvgIpc) is 2.26. The Kier molecular flexibility index (Phi) is 5.25. The van der Waals surface area contributed by atoms with E-state index in [0.717, 1.165) is 22.3 Å². The van der Waals surface area contributed by atoms with Gasteiger partial charge in [-0.1, -0.05) is 6.07 Å². The number of hydrogen-bond acceptors (Lipinski definition) is 3. The van der Waals surface area contributed by atoms with Crippen molar-refractivity contribution in [1.29, 1.82) is 0 Å². The quantitative estimate of drug-likeness (QED) is 0.874. The Hall–Kier alpha value is -0.580. The highest BCUT2D eigenvalue weighted by Gasteiger charge is 2.10. The summed E-state index contributed by atoms with van der Waals surface area (Å²) in [5.41, 5.74) is 1.93. The first kappa shape index (κ1) is 13.5. The molecular formula is C12H18BrNO2. The van der Waals surface area contributed by atoms with E-state index in [0.29, 0.717) is 6.54 Å². The van der Waals surface area contributed by atoms with E-state index in [4.69, 9.17) is 5.11 Å². The van der Waals surface area contributed by atoms with Crippen LogP contribution in [0.25, 0.3) is 0 Å². The number of anilines is 1. The molecule has 0 aliphatic heterocycles. The molecule has 0 aliphatic rings. The van der Waals surface area contributed by atoms with Crippen molar-refractivity contribution in [3.8, 4) is 0 Å². The summed E-state index contributed by atoms with van der Waals surface area (Å²) in [6.07, 6.45) is -0.460. The average molecular weight is 288 g/mol. The molecule has 4 heteroatoms. The van der Waals surface area contributed by atoms with Crippen LogP contribution in [0.5, 0.6) is 0 Å². The van der Waals surface area contributed by atoms with Gasteiger partial charge in [0, 0.05) is 17.6 Å². The predicted molar refractivity (Wildman–Crippen MR) is 69.7 cm³/mol. The number of aliphatic hydroxyl groups excluding tert-OH is 2. The highest BCUT2D eigenvalue weighted by atomic mass is 79.9. The topological polar surface area (TPSA) is 43.7 Å². The van der Waals surface area contributed by atoms with Gasteiger partial charge in [-0.3, -0.25) is 0 Å². The van der Waals surface area contributed by atoms with Gasteiger partial charge < -0.3 is 15.1 Å². The summed E-state index contributed by atoms with van der Waals surface area (Å²) in [4.78, 5) is 2.08. The number of rotatable bonds is 5. The van der Waals surface area contributed by atoms with E-state index in [1.807, 2.05) is 25.1 Å². The summed E-state index contributed by atoms with van der Waals surface area (Å²) in [7, 11) is 0. The Morgan fingerprint density at radius 1 is 1.44 bits per heavy atom. The minimum absolute atomic E-state index is 0.137. The van der Waals surface area contributed by atoms with E-state index >= 15 is 0 Å². The van der Waals surface area contributed by atoms with Crippen LogP contribution in [0.3, 0.4) is 0 Å². The molecule has 0 saturated carbocycles. The highest BCUT2D eigenvalue weighted by molar-refractivity contribution is 9.10. The molecule has 16 heavy (non-hydrogen) atoms. The van der Waals surface area contributed by atoms with E-state index in [1.165, 1.54) is 0 Å². The first-order chi connectivity index (χ1) is 7.60. The molecule has 0 spiro atoms. The minimum Gasteiger partial charge on any atom is -0.395 e. The fourth-order valence-electron chi connectivity index (χ4n) is 1.61. The van der Waals surface area contributed by atoms with Crippen molar-refractivity contribution in [2.24, 2.45) is 0 Å². The smallest absolute Gasteiger partial charge is 0.0762 e. The molecule has 0 saturated heterocycles. The lowest BCUT2D eigenvalue weighted by atomic mass is 10.1. The summed E-state index contributed by atoms with van der Waals surface area (Å²) in [6.45, 7) is 5.38. The van der Waals surface area contributed by atoms with E-state index in [2.05, 4.69) is 20.8 Å². The van der Waals surface area contributed by atoms with E-state index < -0.39 is 6.10 Å². The van der Waals surface area contributed by atoms with Crippen molar-refractivity contribution < 1.29 is 10.2 Å². The van der Waals surface area contributed by atoms with E-state index in [1.54, 1.807) is 6.92 Å². The molecule has 0 bridgehead atoms. The molecular weight excluding hydrogens is 270 g/mol. The summed E-state index contributed by atoms with van der Waals surface area (Å²) in [6, 6.07) is 5.79. The zero-order chi connectivity index (χ0) is 12.1. The van der Waals surface area contributed by atoms with Gasteiger partial charge >= 0.3 is 0 Å². The fraction of sp³-hybridized carbons (Fsp3) is 0.500. The lowest BCUT2D eigenvalue weighted by Crippen LogP contribution is -2.26. The number of nitrogens with zero attached hydrogens (tertiary/aromatic N) is 1. The standard InChI is InChI=1S/C12H18BrNO2/c1-3-14(6-7-15)12-5-4-10(9(2)16)8-11(12)13/h4-5,8-9,15-16H,3,6-7H2,1-2H3. The van der Waals surface area contributed by atoms with Crippen molar-refractivity contribution in [3.05, 3.63) is 28.2 Å². The number of likely N-dealkylation sites (N-methyl/N-ethyl adjacent to an activating group) is 1. The number of benzene rings is 1. The van der Waals surface area contributed by atoms with Crippen molar-refractivity contribution >= 4 is 21.6 Å². The predicted octanol–water partition coefficient (Wildman–Crippen LogP) is 2.32. The zero-order valence-corrected chi connectivity index (χ0v) is 11.2. The molecule has 0 radical (unpaired) electrons. The van der Waals surface area contributed by atoms with Gasteiger partial charge in [-0.25, -0.2) is 0 Å². The number of hydrogen-bond donors (Lipinski definition) is 2. The van der Waals surface area contributed by atoms with Gasteiger partial charge in [-0.15, -0.1) is 0 Å². The van der Waals surface area contributed by atoms with Crippen LogP contribution < -0.4 is 4.90 Å². The highest BCUT2D eigenvalue weighted by Crippen LogP contribution is 2.29. The van der Waals surface area contributed by atoms with Crippen LogP contribution in [0.2, 0.25) is 0 Å². The molecule has 1 rings (SSSR count). The molecule has 3 nitrogen and oxygen atoms in total. The van der Waals surface area contributed by atoms with Crippen molar-refractivity contribution in [1.82, 2.24) is 0 Å². The van der Waals surface area contributed by atoms with Gasteiger partial charge in [0.1, 0.15) is 0 Å². The molecule has 0 aromatic heterocycles.